The van der Waals surface area contributed by atoms with Gasteiger partial charge in [0.2, 0.25) is 0 Å². The van der Waals surface area contributed by atoms with Crippen molar-refractivity contribution < 1.29 is 9.47 Å². The molecule has 0 saturated carbocycles. The Bertz CT molecular complexity index is 102. The van der Waals surface area contributed by atoms with Crippen LogP contribution in [0.5, 0.6) is 0 Å². The van der Waals surface area contributed by atoms with Crippen molar-refractivity contribution >= 4 is 0 Å². The van der Waals surface area contributed by atoms with Crippen molar-refractivity contribution in [2.45, 2.75) is 25.4 Å². The fourth-order valence-corrected chi connectivity index (χ4v) is 1.76. The van der Waals surface area contributed by atoms with Gasteiger partial charge in [0.1, 0.15) is 0 Å². The number of hydrogen-bond donors (Lipinski definition) is 0. The van der Waals surface area contributed by atoms with Gasteiger partial charge < -0.3 is 9.47 Å². The van der Waals surface area contributed by atoms with Crippen LogP contribution in [0.2, 0.25) is 0 Å². The van der Waals surface area contributed by atoms with E-state index in [2.05, 4.69) is 0 Å². The SMILES string of the molecule is C1COCC2COC(C1)C2. The van der Waals surface area contributed by atoms with Crippen LogP contribution in [0.25, 0.3) is 0 Å². The van der Waals surface area contributed by atoms with Gasteiger partial charge in [-0.25, -0.2) is 0 Å². The Labute approximate surface area is 61.5 Å². The second-order valence-corrected chi connectivity index (χ2v) is 3.27. The van der Waals surface area contributed by atoms with Crippen LogP contribution in [0.4, 0.5) is 0 Å². The third-order valence-corrected chi connectivity index (χ3v) is 2.33. The van der Waals surface area contributed by atoms with Crippen LogP contribution in [0, 0.1) is 5.92 Å². The molecule has 0 aromatic heterocycles. The first-order chi connectivity index (χ1) is 4.95. The molecule has 2 heterocycles. The van der Waals surface area contributed by atoms with E-state index >= 15 is 0 Å². The third kappa shape index (κ3) is 1.32. The highest BCUT2D eigenvalue weighted by Gasteiger charge is 2.26. The first-order valence-corrected chi connectivity index (χ1v) is 4.14. The first-order valence-electron chi connectivity index (χ1n) is 4.14. The maximum Gasteiger partial charge on any atom is 0.0580 e. The fourth-order valence-electron chi connectivity index (χ4n) is 1.76. The predicted molar refractivity (Wildman–Crippen MR) is 37.9 cm³/mol. The Morgan fingerprint density at radius 3 is 3.20 bits per heavy atom. The highest BCUT2D eigenvalue weighted by Crippen LogP contribution is 2.24. The molecule has 0 amide bonds. The van der Waals surface area contributed by atoms with Gasteiger partial charge in [-0.05, 0) is 19.3 Å². The number of hydrogen-bond acceptors (Lipinski definition) is 2. The van der Waals surface area contributed by atoms with E-state index in [0.717, 1.165) is 19.8 Å². The Balaban J connectivity index is 1.91. The van der Waals surface area contributed by atoms with Gasteiger partial charge in [-0.3, -0.25) is 0 Å². The molecule has 2 aliphatic rings. The first kappa shape index (κ1) is 6.62. The molecule has 0 N–H and O–H groups in total. The highest BCUT2D eigenvalue weighted by atomic mass is 16.5. The van der Waals surface area contributed by atoms with Gasteiger partial charge in [0.05, 0.1) is 19.3 Å². The van der Waals surface area contributed by atoms with Crippen LogP contribution >= 0.6 is 0 Å². The molecule has 2 nitrogen and oxygen atoms in total. The summed E-state index contributed by atoms with van der Waals surface area (Å²) in [6, 6.07) is 0. The summed E-state index contributed by atoms with van der Waals surface area (Å²) in [6.45, 7) is 2.80. The van der Waals surface area contributed by atoms with Crippen molar-refractivity contribution in [2.75, 3.05) is 19.8 Å². The minimum absolute atomic E-state index is 0.564. The smallest absolute Gasteiger partial charge is 0.0580 e. The topological polar surface area (TPSA) is 18.5 Å². The fraction of sp³-hybridized carbons (Fsp3) is 1.00. The molecule has 0 spiro atoms. The molecule has 2 fully saturated rings. The molecule has 2 aliphatic heterocycles. The Hall–Kier alpha value is -0.0800. The van der Waals surface area contributed by atoms with Gasteiger partial charge in [-0.15, -0.1) is 0 Å². The van der Waals surface area contributed by atoms with Crippen molar-refractivity contribution in [1.29, 1.82) is 0 Å². The summed E-state index contributed by atoms with van der Waals surface area (Å²) in [5.74, 6) is 0.699. The summed E-state index contributed by atoms with van der Waals surface area (Å²) in [5, 5.41) is 0. The summed E-state index contributed by atoms with van der Waals surface area (Å²) in [6.07, 6.45) is 4.18. The Morgan fingerprint density at radius 1 is 1.20 bits per heavy atom. The van der Waals surface area contributed by atoms with E-state index in [1.807, 2.05) is 0 Å². The minimum Gasteiger partial charge on any atom is -0.381 e. The van der Waals surface area contributed by atoms with Crippen molar-refractivity contribution in [3.05, 3.63) is 0 Å². The lowest BCUT2D eigenvalue weighted by Crippen LogP contribution is -2.14. The molecule has 0 aromatic carbocycles. The van der Waals surface area contributed by atoms with E-state index in [9.17, 15) is 0 Å². The molecule has 2 saturated heterocycles. The molecule has 10 heavy (non-hydrogen) atoms. The van der Waals surface area contributed by atoms with Gasteiger partial charge >= 0.3 is 0 Å². The summed E-state index contributed by atoms with van der Waals surface area (Å²) in [7, 11) is 0. The van der Waals surface area contributed by atoms with E-state index in [4.69, 9.17) is 9.47 Å². The minimum atomic E-state index is 0.564. The molecule has 0 radical (unpaired) electrons. The molecule has 2 rings (SSSR count). The monoisotopic (exact) mass is 142 g/mol. The summed E-state index contributed by atoms with van der Waals surface area (Å²) >= 11 is 0. The van der Waals surface area contributed by atoms with Crippen LogP contribution in [0.3, 0.4) is 0 Å². The van der Waals surface area contributed by atoms with E-state index in [1.54, 1.807) is 0 Å². The second-order valence-electron chi connectivity index (χ2n) is 3.27. The quantitative estimate of drug-likeness (QED) is 0.506. The predicted octanol–water partition coefficient (Wildman–Crippen LogP) is 1.20. The maximum atomic E-state index is 5.56. The lowest BCUT2D eigenvalue weighted by molar-refractivity contribution is 0.0912. The van der Waals surface area contributed by atoms with Crippen LogP contribution in [-0.4, -0.2) is 25.9 Å². The standard InChI is InChI=1S/C8H14O2/c1-2-8-4-7(6-10-8)5-9-3-1/h7-8H,1-6H2. The van der Waals surface area contributed by atoms with Gasteiger partial charge in [-0.1, -0.05) is 0 Å². The van der Waals surface area contributed by atoms with Crippen molar-refractivity contribution in [3.63, 3.8) is 0 Å². The molecule has 2 atom stereocenters. The second kappa shape index (κ2) is 2.89. The molecule has 0 aliphatic carbocycles. The maximum absolute atomic E-state index is 5.56. The zero-order valence-electron chi connectivity index (χ0n) is 6.21. The van der Waals surface area contributed by atoms with Crippen LogP contribution in [0.1, 0.15) is 19.3 Å². The zero-order chi connectivity index (χ0) is 6.81. The van der Waals surface area contributed by atoms with E-state index in [0.29, 0.717) is 12.0 Å². The van der Waals surface area contributed by atoms with E-state index in [1.165, 1.54) is 19.3 Å². The molecule has 2 bridgehead atoms. The Morgan fingerprint density at radius 2 is 2.20 bits per heavy atom. The average molecular weight is 142 g/mol. The summed E-state index contributed by atoms with van der Waals surface area (Å²) in [5.41, 5.74) is 0. The average Bonchev–Trinajstić information content (AvgIpc) is 2.30. The van der Waals surface area contributed by atoms with E-state index < -0.39 is 0 Å². The van der Waals surface area contributed by atoms with Crippen molar-refractivity contribution in [1.82, 2.24) is 0 Å². The largest absolute Gasteiger partial charge is 0.381 e. The lowest BCUT2D eigenvalue weighted by Gasteiger charge is -2.13. The van der Waals surface area contributed by atoms with E-state index in [-0.39, 0.29) is 0 Å². The normalized spacial score (nSPS) is 40.8. The molecular weight excluding hydrogens is 128 g/mol. The molecule has 0 aromatic rings. The third-order valence-electron chi connectivity index (χ3n) is 2.33. The van der Waals surface area contributed by atoms with Crippen molar-refractivity contribution in [3.8, 4) is 0 Å². The van der Waals surface area contributed by atoms with Gasteiger partial charge in [0.25, 0.3) is 0 Å². The van der Waals surface area contributed by atoms with Crippen LogP contribution in [0.15, 0.2) is 0 Å². The number of fused-ring (bicyclic) bond motifs is 2. The lowest BCUT2D eigenvalue weighted by atomic mass is 10.0. The number of rotatable bonds is 0. The van der Waals surface area contributed by atoms with Gasteiger partial charge in [0.15, 0.2) is 0 Å². The summed E-state index contributed by atoms with van der Waals surface area (Å²) < 4.78 is 11.0. The molecule has 2 heteroatoms. The molecule has 2 unspecified atom stereocenters. The summed E-state index contributed by atoms with van der Waals surface area (Å²) in [4.78, 5) is 0. The zero-order valence-corrected chi connectivity index (χ0v) is 6.21. The molecule has 58 valence electrons. The Kier molecular flexibility index (Phi) is 1.91. The molecular formula is C8H14O2. The van der Waals surface area contributed by atoms with Crippen LogP contribution < -0.4 is 0 Å². The highest BCUT2D eigenvalue weighted by molar-refractivity contribution is 4.74. The van der Waals surface area contributed by atoms with Gasteiger partial charge in [-0.2, -0.15) is 0 Å². The van der Waals surface area contributed by atoms with Crippen molar-refractivity contribution in [2.24, 2.45) is 5.92 Å². The van der Waals surface area contributed by atoms with Crippen LogP contribution in [-0.2, 0) is 9.47 Å². The van der Waals surface area contributed by atoms with Gasteiger partial charge in [0, 0.05) is 12.5 Å². The number of ether oxygens (including phenoxy) is 2.